The fraction of sp³-hybridized carbons (Fsp3) is 0.348. The highest BCUT2D eigenvalue weighted by Gasteiger charge is 2.26. The van der Waals surface area contributed by atoms with Crippen LogP contribution in [0.5, 0.6) is 0 Å². The number of nitrogens with zero attached hydrogens (tertiary/aromatic N) is 3. The van der Waals surface area contributed by atoms with Gasteiger partial charge in [-0.2, -0.15) is 0 Å². The molecule has 31 heavy (non-hydrogen) atoms. The van der Waals surface area contributed by atoms with Crippen LogP contribution in [-0.4, -0.2) is 38.8 Å². The van der Waals surface area contributed by atoms with E-state index >= 15 is 0 Å². The van der Waals surface area contributed by atoms with Crippen LogP contribution in [-0.2, 0) is 4.79 Å². The lowest BCUT2D eigenvalue weighted by Crippen LogP contribution is -2.39. The van der Waals surface area contributed by atoms with Crippen LogP contribution in [0.15, 0.2) is 47.2 Å². The van der Waals surface area contributed by atoms with E-state index in [1.807, 2.05) is 34.9 Å². The first-order valence-corrected chi connectivity index (χ1v) is 10.3. The highest BCUT2D eigenvalue weighted by molar-refractivity contribution is 5.59. The summed E-state index contributed by atoms with van der Waals surface area (Å²) in [4.78, 5) is 14.6. The molecule has 0 radical (unpaired) electrons. The highest BCUT2D eigenvalue weighted by atomic mass is 16.5. The van der Waals surface area contributed by atoms with Crippen molar-refractivity contribution in [1.82, 2.24) is 20.0 Å². The highest BCUT2D eigenvalue weighted by Crippen LogP contribution is 2.28. The number of amides is 1. The van der Waals surface area contributed by atoms with Crippen molar-refractivity contribution in [1.29, 1.82) is 0 Å². The third-order valence-corrected chi connectivity index (χ3v) is 5.53. The van der Waals surface area contributed by atoms with Gasteiger partial charge in [0.1, 0.15) is 17.6 Å². The Hall–Kier alpha value is -3.41. The molecule has 0 aliphatic heterocycles. The summed E-state index contributed by atoms with van der Waals surface area (Å²) in [6.07, 6.45) is 5.26. The van der Waals surface area contributed by atoms with Gasteiger partial charge < -0.3 is 25.2 Å². The fourth-order valence-corrected chi connectivity index (χ4v) is 3.74. The third-order valence-electron chi connectivity index (χ3n) is 5.53. The molecule has 8 nitrogen and oxygen atoms in total. The van der Waals surface area contributed by atoms with Gasteiger partial charge in [-0.05, 0) is 44.0 Å². The van der Waals surface area contributed by atoms with Crippen LogP contribution >= 0.6 is 0 Å². The zero-order chi connectivity index (χ0) is 21.8. The lowest BCUT2D eigenvalue weighted by atomic mass is 9.81. The Balaban J connectivity index is 1.45. The maximum absolute atomic E-state index is 10.4. The van der Waals surface area contributed by atoms with Gasteiger partial charge in [-0.3, -0.25) is 4.79 Å². The van der Waals surface area contributed by atoms with Crippen LogP contribution in [0.25, 0.3) is 11.3 Å². The first-order chi connectivity index (χ1) is 15.1. The smallest absolute Gasteiger partial charge is 0.207 e. The van der Waals surface area contributed by atoms with E-state index in [4.69, 9.17) is 10.3 Å². The zero-order valence-electron chi connectivity index (χ0n) is 17.2. The standard InChI is InChI=1S/C23H25N5O3/c1-15(30)23-25-8-9-28(23)21(13-24)20-12-22(31-27-20)18-6-4-16(5-7-18)2-3-17-10-19(11-17)26-14-29/h4-9,12,14-15,17,19,21,30H,10-11,13,24H2,1H3,(H,26,29)/t15-,17-,19-,21+/m0/s1. The van der Waals surface area contributed by atoms with Crippen molar-refractivity contribution in [2.24, 2.45) is 11.7 Å². The number of carbonyl (C=O) groups excluding carboxylic acids is 1. The van der Waals surface area contributed by atoms with E-state index in [-0.39, 0.29) is 12.1 Å². The molecule has 2 heterocycles. The number of aliphatic hydroxyl groups is 1. The van der Waals surface area contributed by atoms with Crippen LogP contribution < -0.4 is 11.1 Å². The molecule has 4 rings (SSSR count). The second kappa shape index (κ2) is 9.16. The lowest BCUT2D eigenvalue weighted by Gasteiger charge is -2.30. The third kappa shape index (κ3) is 4.53. The van der Waals surface area contributed by atoms with E-state index in [9.17, 15) is 9.90 Å². The van der Waals surface area contributed by atoms with Crippen molar-refractivity contribution in [3.63, 3.8) is 0 Å². The summed E-state index contributed by atoms with van der Waals surface area (Å²) in [5.41, 5.74) is 8.47. The molecule has 2 atom stereocenters. The van der Waals surface area contributed by atoms with Gasteiger partial charge in [0.05, 0.1) is 6.04 Å². The number of rotatable bonds is 7. The molecule has 2 aromatic heterocycles. The summed E-state index contributed by atoms with van der Waals surface area (Å²) in [7, 11) is 0. The second-order valence-corrected chi connectivity index (χ2v) is 7.73. The average Bonchev–Trinajstić information content (AvgIpc) is 3.41. The molecule has 0 saturated heterocycles. The van der Waals surface area contributed by atoms with E-state index in [1.54, 1.807) is 19.3 Å². The van der Waals surface area contributed by atoms with E-state index in [0.717, 1.165) is 30.4 Å². The summed E-state index contributed by atoms with van der Waals surface area (Å²) in [5, 5.41) is 16.9. The molecule has 1 aromatic carbocycles. The van der Waals surface area contributed by atoms with Gasteiger partial charge in [0.2, 0.25) is 6.41 Å². The van der Waals surface area contributed by atoms with Crippen LogP contribution in [0.4, 0.5) is 0 Å². The molecule has 0 bridgehead atoms. The minimum Gasteiger partial charge on any atom is -0.385 e. The number of imidazole rings is 1. The van der Waals surface area contributed by atoms with Gasteiger partial charge >= 0.3 is 0 Å². The minimum atomic E-state index is -0.712. The van der Waals surface area contributed by atoms with Crippen molar-refractivity contribution < 1.29 is 14.4 Å². The van der Waals surface area contributed by atoms with Crippen molar-refractivity contribution in [2.45, 2.75) is 38.0 Å². The number of aliphatic hydroxyl groups excluding tert-OH is 1. The van der Waals surface area contributed by atoms with Crippen molar-refractivity contribution in [3.8, 4) is 23.2 Å². The molecule has 4 N–H and O–H groups in total. The van der Waals surface area contributed by atoms with Crippen molar-refractivity contribution in [3.05, 3.63) is 59.8 Å². The van der Waals surface area contributed by atoms with Crippen molar-refractivity contribution >= 4 is 6.41 Å². The van der Waals surface area contributed by atoms with Gasteiger partial charge in [-0.1, -0.05) is 17.0 Å². The molecule has 1 fully saturated rings. The summed E-state index contributed by atoms with van der Waals surface area (Å²) < 4.78 is 7.38. The number of carbonyl (C=O) groups is 1. The second-order valence-electron chi connectivity index (χ2n) is 7.73. The normalized spacial score (nSPS) is 19.6. The Morgan fingerprint density at radius 3 is 2.84 bits per heavy atom. The fourth-order valence-electron chi connectivity index (χ4n) is 3.74. The lowest BCUT2D eigenvalue weighted by molar-refractivity contribution is -0.110. The molecule has 0 spiro atoms. The quantitative estimate of drug-likeness (QED) is 0.398. The Morgan fingerprint density at radius 2 is 2.16 bits per heavy atom. The molecule has 8 heteroatoms. The number of hydrogen-bond donors (Lipinski definition) is 3. The maximum Gasteiger partial charge on any atom is 0.207 e. The molecule has 1 amide bonds. The molecule has 1 aliphatic carbocycles. The van der Waals surface area contributed by atoms with Crippen LogP contribution in [0.2, 0.25) is 0 Å². The molecular formula is C23H25N5O3. The monoisotopic (exact) mass is 419 g/mol. The van der Waals surface area contributed by atoms with Gasteiger partial charge in [-0.15, -0.1) is 0 Å². The number of nitrogens with one attached hydrogen (secondary N) is 1. The first kappa shape index (κ1) is 20.8. The van der Waals surface area contributed by atoms with E-state index in [1.165, 1.54) is 0 Å². The number of nitrogens with two attached hydrogens (primary N) is 1. The zero-order valence-corrected chi connectivity index (χ0v) is 17.2. The molecule has 0 unspecified atom stereocenters. The Labute approximate surface area is 180 Å². The van der Waals surface area contributed by atoms with E-state index < -0.39 is 6.10 Å². The molecule has 1 saturated carbocycles. The topological polar surface area (TPSA) is 119 Å². The van der Waals surface area contributed by atoms with Gasteiger partial charge in [-0.25, -0.2) is 4.98 Å². The molecule has 1 aliphatic rings. The van der Waals surface area contributed by atoms with Crippen LogP contribution in [0.1, 0.15) is 49.0 Å². The van der Waals surface area contributed by atoms with E-state index in [0.29, 0.717) is 29.7 Å². The van der Waals surface area contributed by atoms with Gasteiger partial charge in [0.15, 0.2) is 5.76 Å². The Kier molecular flexibility index (Phi) is 6.16. The molecular weight excluding hydrogens is 394 g/mol. The Morgan fingerprint density at radius 1 is 1.39 bits per heavy atom. The maximum atomic E-state index is 10.4. The summed E-state index contributed by atoms with van der Waals surface area (Å²) in [6.45, 7) is 1.96. The van der Waals surface area contributed by atoms with Gasteiger partial charge in [0, 0.05) is 48.1 Å². The van der Waals surface area contributed by atoms with Crippen LogP contribution in [0.3, 0.4) is 0 Å². The predicted molar refractivity (Wildman–Crippen MR) is 115 cm³/mol. The molecule has 160 valence electrons. The Bertz CT molecular complexity index is 1080. The van der Waals surface area contributed by atoms with Crippen LogP contribution in [0, 0.1) is 17.8 Å². The predicted octanol–water partition coefficient (Wildman–Crippen LogP) is 2.02. The number of aromatic nitrogens is 3. The number of hydrogen-bond acceptors (Lipinski definition) is 6. The first-order valence-electron chi connectivity index (χ1n) is 10.3. The SMILES string of the molecule is C[C@H](O)c1nccn1[C@H](CN)c1cc(-c2ccc(C#C[C@H]3C[C@H](NC=O)C3)cc2)on1. The largest absolute Gasteiger partial charge is 0.385 e. The van der Waals surface area contributed by atoms with E-state index in [2.05, 4.69) is 27.3 Å². The van der Waals surface area contributed by atoms with Crippen molar-refractivity contribution in [2.75, 3.05) is 6.54 Å². The number of benzene rings is 1. The summed E-state index contributed by atoms with van der Waals surface area (Å²) in [5.74, 6) is 7.94. The summed E-state index contributed by atoms with van der Waals surface area (Å²) >= 11 is 0. The minimum absolute atomic E-state index is 0.260. The van der Waals surface area contributed by atoms with Gasteiger partial charge in [0.25, 0.3) is 0 Å². The average molecular weight is 419 g/mol. The summed E-state index contributed by atoms with van der Waals surface area (Å²) in [6, 6.07) is 9.63. The molecule has 3 aromatic rings.